The summed E-state index contributed by atoms with van der Waals surface area (Å²) in [6.07, 6.45) is 0. The van der Waals surface area contributed by atoms with Crippen LogP contribution >= 0.6 is 36.0 Å². The predicted molar refractivity (Wildman–Crippen MR) is 113 cm³/mol. The molecule has 0 unspecified atom stereocenters. The van der Waals surface area contributed by atoms with Crippen molar-refractivity contribution in [2.75, 3.05) is 0 Å². The van der Waals surface area contributed by atoms with E-state index in [1.165, 1.54) is 16.7 Å². The highest BCUT2D eigenvalue weighted by molar-refractivity contribution is 8.02. The van der Waals surface area contributed by atoms with E-state index in [1.807, 2.05) is 13.8 Å². The van der Waals surface area contributed by atoms with Gasteiger partial charge >= 0.3 is 0 Å². The van der Waals surface area contributed by atoms with E-state index >= 15 is 0 Å². The standard InChI is InChI=1S/C19H18ClN3O4S2/c1-8-11(12(22-27-8)9-6-4-5-7-10(9)20)15(24)21-13-16(25)23-14(18(26)28)19(2,3)29-17(13)23/h4-7,13-14,17H,1-3H3,(H,21,24)(H,26,28)/t13-,14+,17-/m1/s1. The summed E-state index contributed by atoms with van der Waals surface area (Å²) in [6.45, 7) is 5.40. The summed E-state index contributed by atoms with van der Waals surface area (Å²) >= 11 is 11.7. The number of nitrogens with zero attached hydrogens (tertiary/aromatic N) is 2. The van der Waals surface area contributed by atoms with Gasteiger partial charge in [-0.25, -0.2) is 0 Å². The largest absolute Gasteiger partial charge is 0.360 e. The van der Waals surface area contributed by atoms with Gasteiger partial charge in [0.1, 0.15) is 34.5 Å². The van der Waals surface area contributed by atoms with Crippen molar-refractivity contribution >= 4 is 52.9 Å². The number of aromatic nitrogens is 1. The zero-order chi connectivity index (χ0) is 21.1. The lowest BCUT2D eigenvalue weighted by Gasteiger charge is -2.43. The molecule has 10 heteroatoms. The molecule has 0 radical (unpaired) electrons. The Balaban J connectivity index is 1.60. The first-order chi connectivity index (χ1) is 13.6. The minimum atomic E-state index is -0.738. The van der Waals surface area contributed by atoms with Crippen LogP contribution in [0, 0.1) is 6.92 Å². The lowest BCUT2D eigenvalue weighted by Crippen LogP contribution is -2.70. The minimum absolute atomic E-state index is 0.230. The van der Waals surface area contributed by atoms with E-state index in [-0.39, 0.29) is 22.0 Å². The van der Waals surface area contributed by atoms with Gasteiger partial charge in [0.2, 0.25) is 11.0 Å². The zero-order valence-electron chi connectivity index (χ0n) is 15.8. The van der Waals surface area contributed by atoms with Gasteiger partial charge in [-0.1, -0.05) is 35.0 Å². The van der Waals surface area contributed by atoms with Crippen molar-refractivity contribution in [1.82, 2.24) is 15.4 Å². The molecule has 2 aromatic rings. The number of carbonyl (C=O) groups is 3. The molecule has 1 aromatic carbocycles. The molecule has 3 atom stereocenters. The Morgan fingerprint density at radius 1 is 1.34 bits per heavy atom. The second-order valence-corrected chi connectivity index (χ2v) is 10.1. The van der Waals surface area contributed by atoms with Crippen LogP contribution in [0.2, 0.25) is 5.02 Å². The molecule has 0 aliphatic carbocycles. The molecule has 2 fully saturated rings. The Bertz CT molecular complexity index is 1040. The Kier molecular flexibility index (Phi) is 4.95. The molecule has 152 valence electrons. The van der Waals surface area contributed by atoms with Crippen molar-refractivity contribution in [1.29, 1.82) is 0 Å². The zero-order valence-corrected chi connectivity index (χ0v) is 18.3. The molecule has 0 saturated carbocycles. The highest BCUT2D eigenvalue weighted by Crippen LogP contribution is 2.51. The average molecular weight is 452 g/mol. The molecule has 29 heavy (non-hydrogen) atoms. The van der Waals surface area contributed by atoms with E-state index in [2.05, 4.69) is 23.1 Å². The van der Waals surface area contributed by atoms with Gasteiger partial charge in [0.15, 0.2) is 0 Å². The van der Waals surface area contributed by atoms with E-state index in [9.17, 15) is 14.4 Å². The quantitative estimate of drug-likeness (QED) is 0.548. The third-order valence-electron chi connectivity index (χ3n) is 5.18. The first-order valence-electron chi connectivity index (χ1n) is 8.88. The maximum absolute atomic E-state index is 13.0. The van der Waals surface area contributed by atoms with Crippen molar-refractivity contribution < 1.29 is 18.9 Å². The SMILES string of the molecule is Cc1onc(-c2ccccc2Cl)c1C(=O)N[C@@H]1C(=O)N2[C@@H]1SC(C)(C)[C@@H]2C(=O)S. The molecule has 0 spiro atoms. The van der Waals surface area contributed by atoms with Gasteiger partial charge in [0, 0.05) is 10.3 Å². The Morgan fingerprint density at radius 2 is 2.03 bits per heavy atom. The first-order valence-corrected chi connectivity index (χ1v) is 10.6. The molecular formula is C19H18ClN3O4S2. The topological polar surface area (TPSA) is 92.5 Å². The summed E-state index contributed by atoms with van der Waals surface area (Å²) in [5, 5.41) is 6.51. The van der Waals surface area contributed by atoms with Gasteiger partial charge in [-0.3, -0.25) is 14.4 Å². The summed E-state index contributed by atoms with van der Waals surface area (Å²) in [7, 11) is 0. The Labute approximate surface area is 181 Å². The third kappa shape index (κ3) is 3.15. The second kappa shape index (κ2) is 7.07. The maximum atomic E-state index is 13.0. The maximum Gasteiger partial charge on any atom is 0.257 e. The van der Waals surface area contributed by atoms with E-state index in [1.54, 1.807) is 31.2 Å². The number of β-lactam (4-membered cyclic amide) rings is 1. The highest BCUT2D eigenvalue weighted by Gasteiger charge is 2.63. The number of thiol groups is 1. The van der Waals surface area contributed by atoms with Crippen LogP contribution in [0.25, 0.3) is 11.3 Å². The molecule has 2 saturated heterocycles. The van der Waals surface area contributed by atoms with E-state index < -0.39 is 22.7 Å². The van der Waals surface area contributed by atoms with Crippen molar-refractivity contribution in [3.8, 4) is 11.3 Å². The average Bonchev–Trinajstić information content (AvgIpc) is 3.15. The fourth-order valence-corrected chi connectivity index (χ4v) is 6.23. The van der Waals surface area contributed by atoms with Crippen LogP contribution in [-0.4, -0.2) is 49.2 Å². The third-order valence-corrected chi connectivity index (χ3v) is 7.33. The van der Waals surface area contributed by atoms with Crippen molar-refractivity contribution in [3.63, 3.8) is 0 Å². The Hall–Kier alpha value is -1.97. The van der Waals surface area contributed by atoms with Crippen LogP contribution in [0.5, 0.6) is 0 Å². The molecule has 1 aromatic heterocycles. The normalized spacial score (nSPS) is 24.8. The summed E-state index contributed by atoms with van der Waals surface area (Å²) in [6, 6.07) is 5.63. The number of aryl methyl sites for hydroxylation is 1. The molecule has 3 heterocycles. The number of amides is 2. The summed E-state index contributed by atoms with van der Waals surface area (Å²) in [5.74, 6) is -0.457. The smallest absolute Gasteiger partial charge is 0.257 e. The first kappa shape index (κ1) is 20.3. The second-order valence-electron chi connectivity index (χ2n) is 7.49. The van der Waals surface area contributed by atoms with Crippen LogP contribution < -0.4 is 5.32 Å². The fraction of sp³-hybridized carbons (Fsp3) is 0.368. The number of thioether (sulfide) groups is 1. The van der Waals surface area contributed by atoms with Crippen molar-refractivity contribution in [2.24, 2.45) is 0 Å². The van der Waals surface area contributed by atoms with Crippen LogP contribution in [0.4, 0.5) is 0 Å². The highest BCUT2D eigenvalue weighted by atomic mass is 35.5. The Morgan fingerprint density at radius 3 is 2.69 bits per heavy atom. The van der Waals surface area contributed by atoms with Gasteiger partial charge in [-0.15, -0.1) is 24.4 Å². The molecule has 4 rings (SSSR count). The van der Waals surface area contributed by atoms with Crippen molar-refractivity contribution in [2.45, 2.75) is 43.0 Å². The fourth-order valence-electron chi connectivity index (χ4n) is 3.84. The molecule has 2 aliphatic rings. The molecule has 2 aliphatic heterocycles. The number of nitrogens with one attached hydrogen (secondary N) is 1. The van der Waals surface area contributed by atoms with E-state index in [4.69, 9.17) is 16.1 Å². The molecule has 2 amide bonds. The van der Waals surface area contributed by atoms with E-state index in [0.717, 1.165) is 0 Å². The van der Waals surface area contributed by atoms with Crippen LogP contribution in [0.3, 0.4) is 0 Å². The molecular weight excluding hydrogens is 434 g/mol. The predicted octanol–water partition coefficient (Wildman–Crippen LogP) is 2.92. The van der Waals surface area contributed by atoms with Gasteiger partial charge < -0.3 is 14.7 Å². The number of hydrogen-bond acceptors (Lipinski definition) is 6. The van der Waals surface area contributed by atoms with Gasteiger partial charge in [0.25, 0.3) is 5.91 Å². The van der Waals surface area contributed by atoms with E-state index in [0.29, 0.717) is 22.0 Å². The molecule has 7 nitrogen and oxygen atoms in total. The number of hydrogen-bond donors (Lipinski definition) is 2. The summed E-state index contributed by atoms with van der Waals surface area (Å²) < 4.78 is 4.74. The number of halogens is 1. The number of carbonyl (C=O) groups excluding carboxylic acids is 3. The lowest BCUT2D eigenvalue weighted by atomic mass is 9.96. The molecule has 0 bridgehead atoms. The lowest BCUT2D eigenvalue weighted by molar-refractivity contribution is -0.150. The van der Waals surface area contributed by atoms with Gasteiger partial charge in [-0.05, 0) is 26.8 Å². The summed E-state index contributed by atoms with van der Waals surface area (Å²) in [5.41, 5.74) is 1.11. The number of benzene rings is 1. The number of rotatable bonds is 4. The van der Waals surface area contributed by atoms with Gasteiger partial charge in [0.05, 0.1) is 5.02 Å². The summed E-state index contributed by atoms with van der Waals surface area (Å²) in [4.78, 5) is 39.2. The van der Waals surface area contributed by atoms with Crippen LogP contribution in [-0.2, 0) is 9.59 Å². The van der Waals surface area contributed by atoms with Gasteiger partial charge in [-0.2, -0.15) is 0 Å². The number of fused-ring (bicyclic) bond motifs is 1. The minimum Gasteiger partial charge on any atom is -0.360 e. The van der Waals surface area contributed by atoms with Crippen LogP contribution in [0.15, 0.2) is 28.8 Å². The van der Waals surface area contributed by atoms with Crippen molar-refractivity contribution in [3.05, 3.63) is 40.6 Å². The molecule has 1 N–H and O–H groups in total. The monoisotopic (exact) mass is 451 g/mol. The van der Waals surface area contributed by atoms with Crippen LogP contribution in [0.1, 0.15) is 30.0 Å².